The van der Waals surface area contributed by atoms with Crippen LogP contribution < -0.4 is 4.74 Å². The normalized spacial score (nSPS) is 9.57. The van der Waals surface area contributed by atoms with Crippen molar-refractivity contribution in [3.63, 3.8) is 0 Å². The highest BCUT2D eigenvalue weighted by molar-refractivity contribution is 5.69. The van der Waals surface area contributed by atoms with E-state index in [-0.39, 0.29) is 12.4 Å². The number of ether oxygens (including phenoxy) is 2. The van der Waals surface area contributed by atoms with E-state index in [1.165, 1.54) is 7.11 Å². The molecule has 0 amide bonds. The van der Waals surface area contributed by atoms with E-state index in [9.17, 15) is 4.79 Å². The van der Waals surface area contributed by atoms with Gasteiger partial charge >= 0.3 is 5.97 Å². The van der Waals surface area contributed by atoms with Crippen LogP contribution >= 0.6 is 0 Å². The molecule has 1 rings (SSSR count). The average molecular weight is 194 g/mol. The summed E-state index contributed by atoms with van der Waals surface area (Å²) in [7, 11) is 1.37. The molecule has 0 unspecified atom stereocenters. The van der Waals surface area contributed by atoms with E-state index < -0.39 is 0 Å². The number of methoxy groups -OCH3 is 1. The maximum Gasteiger partial charge on any atom is 0.308 e. The molecule has 0 aliphatic rings. The predicted molar refractivity (Wildman–Crippen MR) is 53.3 cm³/mol. The van der Waals surface area contributed by atoms with Crippen molar-refractivity contribution >= 4 is 5.97 Å². The first kappa shape index (κ1) is 10.6. The van der Waals surface area contributed by atoms with E-state index in [0.717, 1.165) is 11.3 Å². The van der Waals surface area contributed by atoms with Crippen molar-refractivity contribution in [3.8, 4) is 5.75 Å². The highest BCUT2D eigenvalue weighted by Gasteiger charge is 2.00. The van der Waals surface area contributed by atoms with Crippen LogP contribution in [0.3, 0.4) is 0 Å². The lowest BCUT2D eigenvalue weighted by Gasteiger charge is -2.05. The molecule has 0 heterocycles. The average Bonchev–Trinajstić information content (AvgIpc) is 2.17. The fraction of sp³-hybridized carbons (Fsp3) is 0.364. The van der Waals surface area contributed by atoms with Crippen molar-refractivity contribution in [2.75, 3.05) is 13.7 Å². The molecule has 1 aromatic carbocycles. The lowest BCUT2D eigenvalue weighted by Crippen LogP contribution is -2.07. The molecule has 0 saturated heterocycles. The molecular formula is C11H14O3. The second-order valence-electron chi connectivity index (χ2n) is 2.99. The third-order valence-electron chi connectivity index (χ3n) is 1.79. The lowest BCUT2D eigenvalue weighted by atomic mass is 10.2. The molecule has 3 nitrogen and oxygen atoms in total. The van der Waals surface area contributed by atoms with Gasteiger partial charge in [-0.25, -0.2) is 0 Å². The number of aryl methyl sites for hydroxylation is 1. The molecule has 0 radical (unpaired) electrons. The second-order valence-corrected chi connectivity index (χ2v) is 2.99. The molecule has 3 heteroatoms. The number of hydrogen-bond donors (Lipinski definition) is 0. The number of carbonyl (C=O) groups is 1. The molecule has 0 aliphatic carbocycles. The van der Waals surface area contributed by atoms with Crippen LogP contribution in [0, 0.1) is 6.92 Å². The van der Waals surface area contributed by atoms with E-state index in [4.69, 9.17) is 4.74 Å². The summed E-state index contributed by atoms with van der Waals surface area (Å²) in [5.41, 5.74) is 1.14. The largest absolute Gasteiger partial charge is 0.493 e. The fourth-order valence-electron chi connectivity index (χ4n) is 1.06. The van der Waals surface area contributed by atoms with Gasteiger partial charge in [0.15, 0.2) is 0 Å². The Labute approximate surface area is 83.6 Å². The third kappa shape index (κ3) is 3.47. The van der Waals surface area contributed by atoms with Gasteiger partial charge in [-0.2, -0.15) is 0 Å². The second kappa shape index (κ2) is 5.27. The highest BCUT2D eigenvalue weighted by atomic mass is 16.5. The van der Waals surface area contributed by atoms with Crippen molar-refractivity contribution in [1.29, 1.82) is 0 Å². The molecule has 0 spiro atoms. The first-order valence-electron chi connectivity index (χ1n) is 4.48. The molecule has 76 valence electrons. The van der Waals surface area contributed by atoms with Gasteiger partial charge in [0.25, 0.3) is 0 Å². The minimum absolute atomic E-state index is 0.252. The summed E-state index contributed by atoms with van der Waals surface area (Å²) in [6.45, 7) is 2.35. The first-order valence-corrected chi connectivity index (χ1v) is 4.48. The SMILES string of the molecule is COC(=O)CCOc1cccc(C)c1. The van der Waals surface area contributed by atoms with E-state index in [1.54, 1.807) is 0 Å². The number of rotatable bonds is 4. The zero-order valence-corrected chi connectivity index (χ0v) is 8.45. The van der Waals surface area contributed by atoms with Crippen molar-refractivity contribution in [2.24, 2.45) is 0 Å². The van der Waals surface area contributed by atoms with Gasteiger partial charge in [-0.3, -0.25) is 4.79 Å². The maximum atomic E-state index is 10.8. The predicted octanol–water partition coefficient (Wildman–Crippen LogP) is 1.94. The van der Waals surface area contributed by atoms with Gasteiger partial charge in [0.2, 0.25) is 0 Å². The quantitative estimate of drug-likeness (QED) is 0.687. The first-order chi connectivity index (χ1) is 6.72. The zero-order chi connectivity index (χ0) is 10.4. The molecule has 0 bridgehead atoms. The minimum atomic E-state index is -0.252. The maximum absolute atomic E-state index is 10.8. The summed E-state index contributed by atoms with van der Waals surface area (Å²) < 4.78 is 9.85. The van der Waals surface area contributed by atoms with Crippen LogP contribution in [0.2, 0.25) is 0 Å². The molecule has 0 atom stereocenters. The number of hydrogen-bond acceptors (Lipinski definition) is 3. The van der Waals surface area contributed by atoms with Crippen LogP contribution in [0.15, 0.2) is 24.3 Å². The van der Waals surface area contributed by atoms with Crippen LogP contribution in [-0.4, -0.2) is 19.7 Å². The standard InChI is InChI=1S/C11H14O3/c1-9-4-3-5-10(8-9)14-7-6-11(12)13-2/h3-5,8H,6-7H2,1-2H3. The Hall–Kier alpha value is -1.51. The Morgan fingerprint density at radius 1 is 1.43 bits per heavy atom. The third-order valence-corrected chi connectivity index (χ3v) is 1.79. The highest BCUT2D eigenvalue weighted by Crippen LogP contribution is 2.12. The van der Waals surface area contributed by atoms with Crippen molar-refractivity contribution in [2.45, 2.75) is 13.3 Å². The van der Waals surface area contributed by atoms with Gasteiger partial charge in [-0.05, 0) is 24.6 Å². The van der Waals surface area contributed by atoms with Crippen LogP contribution in [0.25, 0.3) is 0 Å². The Bertz CT molecular complexity index is 307. The van der Waals surface area contributed by atoms with Crippen LogP contribution in [0.1, 0.15) is 12.0 Å². The summed E-state index contributed by atoms with van der Waals surface area (Å²) in [4.78, 5) is 10.8. The molecule has 0 aromatic heterocycles. The summed E-state index contributed by atoms with van der Waals surface area (Å²) in [5, 5.41) is 0. The Kier molecular flexibility index (Phi) is 3.98. The number of esters is 1. The number of benzene rings is 1. The van der Waals surface area contributed by atoms with Gasteiger partial charge in [-0.15, -0.1) is 0 Å². The van der Waals surface area contributed by atoms with Crippen LogP contribution in [0.4, 0.5) is 0 Å². The van der Waals surface area contributed by atoms with E-state index >= 15 is 0 Å². The Balaban J connectivity index is 2.35. The summed E-state index contributed by atoms with van der Waals surface area (Å²) >= 11 is 0. The summed E-state index contributed by atoms with van der Waals surface area (Å²) in [6, 6.07) is 7.71. The van der Waals surface area contributed by atoms with Crippen molar-refractivity contribution < 1.29 is 14.3 Å². The molecule has 1 aromatic rings. The monoisotopic (exact) mass is 194 g/mol. The van der Waals surface area contributed by atoms with Crippen molar-refractivity contribution in [1.82, 2.24) is 0 Å². The topological polar surface area (TPSA) is 35.5 Å². The molecule has 0 saturated carbocycles. The smallest absolute Gasteiger partial charge is 0.308 e. The van der Waals surface area contributed by atoms with Crippen LogP contribution in [-0.2, 0) is 9.53 Å². The van der Waals surface area contributed by atoms with E-state index in [1.807, 2.05) is 31.2 Å². The molecule has 0 fully saturated rings. The molecule has 0 aliphatic heterocycles. The van der Waals surface area contributed by atoms with E-state index in [2.05, 4.69) is 4.74 Å². The fourth-order valence-corrected chi connectivity index (χ4v) is 1.06. The summed E-state index contributed by atoms with van der Waals surface area (Å²) in [6.07, 6.45) is 0.282. The molecular weight excluding hydrogens is 180 g/mol. The zero-order valence-electron chi connectivity index (χ0n) is 8.45. The van der Waals surface area contributed by atoms with Gasteiger partial charge in [0.1, 0.15) is 5.75 Å². The van der Waals surface area contributed by atoms with Gasteiger partial charge < -0.3 is 9.47 Å². The van der Waals surface area contributed by atoms with Gasteiger partial charge in [0.05, 0.1) is 20.1 Å². The Morgan fingerprint density at radius 3 is 2.86 bits per heavy atom. The summed E-state index contributed by atoms with van der Waals surface area (Å²) in [5.74, 6) is 0.534. The van der Waals surface area contributed by atoms with Gasteiger partial charge in [0, 0.05) is 0 Å². The Morgan fingerprint density at radius 2 is 2.21 bits per heavy atom. The van der Waals surface area contributed by atoms with Crippen LogP contribution in [0.5, 0.6) is 5.75 Å². The lowest BCUT2D eigenvalue weighted by molar-refractivity contribution is -0.141. The van der Waals surface area contributed by atoms with E-state index in [0.29, 0.717) is 6.61 Å². The van der Waals surface area contributed by atoms with Gasteiger partial charge in [-0.1, -0.05) is 12.1 Å². The number of carbonyl (C=O) groups excluding carboxylic acids is 1. The van der Waals surface area contributed by atoms with Crippen molar-refractivity contribution in [3.05, 3.63) is 29.8 Å². The minimum Gasteiger partial charge on any atom is -0.493 e. The molecule has 14 heavy (non-hydrogen) atoms. The molecule has 0 N–H and O–H groups in total.